The first kappa shape index (κ1) is 15.3. The van der Waals surface area contributed by atoms with E-state index >= 15 is 0 Å². The molecule has 3 N–H and O–H groups in total. The van der Waals surface area contributed by atoms with Crippen LogP contribution in [0.3, 0.4) is 0 Å². The van der Waals surface area contributed by atoms with E-state index in [1.54, 1.807) is 25.3 Å². The fourth-order valence-electron chi connectivity index (χ4n) is 1.41. The Bertz CT molecular complexity index is 433. The SMILES string of the molecule is COc1ccc(N)cc1NC(=O)COC(C)C(C)C. The van der Waals surface area contributed by atoms with Gasteiger partial charge in [-0.05, 0) is 31.0 Å². The molecule has 0 spiro atoms. The summed E-state index contributed by atoms with van der Waals surface area (Å²) in [6, 6.07) is 5.08. The first-order valence-corrected chi connectivity index (χ1v) is 6.29. The molecule has 0 aromatic heterocycles. The normalized spacial score (nSPS) is 12.3. The molecule has 1 rings (SSSR count). The Hall–Kier alpha value is -1.75. The van der Waals surface area contributed by atoms with Crippen molar-refractivity contribution in [2.24, 2.45) is 5.92 Å². The fraction of sp³-hybridized carbons (Fsp3) is 0.500. The maximum absolute atomic E-state index is 11.8. The number of carbonyl (C=O) groups is 1. The van der Waals surface area contributed by atoms with Crippen molar-refractivity contribution >= 4 is 17.3 Å². The number of benzene rings is 1. The van der Waals surface area contributed by atoms with Crippen LogP contribution in [-0.4, -0.2) is 25.7 Å². The molecule has 1 atom stereocenters. The number of carbonyl (C=O) groups excluding carboxylic acids is 1. The van der Waals surface area contributed by atoms with Gasteiger partial charge < -0.3 is 20.5 Å². The summed E-state index contributed by atoms with van der Waals surface area (Å²) in [5.74, 6) is 0.713. The lowest BCUT2D eigenvalue weighted by Gasteiger charge is -2.16. The van der Waals surface area contributed by atoms with E-state index in [0.29, 0.717) is 23.0 Å². The lowest BCUT2D eigenvalue weighted by atomic mass is 10.1. The van der Waals surface area contributed by atoms with Gasteiger partial charge in [-0.3, -0.25) is 4.79 Å². The van der Waals surface area contributed by atoms with E-state index in [4.69, 9.17) is 15.2 Å². The summed E-state index contributed by atoms with van der Waals surface area (Å²) in [6.07, 6.45) is 0.0356. The maximum Gasteiger partial charge on any atom is 0.250 e. The second-order valence-corrected chi connectivity index (χ2v) is 4.77. The number of amides is 1. The van der Waals surface area contributed by atoms with Gasteiger partial charge in [-0.25, -0.2) is 0 Å². The van der Waals surface area contributed by atoms with E-state index in [-0.39, 0.29) is 18.6 Å². The highest BCUT2D eigenvalue weighted by Gasteiger charge is 2.12. The largest absolute Gasteiger partial charge is 0.495 e. The second kappa shape index (κ2) is 6.99. The van der Waals surface area contributed by atoms with E-state index in [1.165, 1.54) is 0 Å². The Kier molecular flexibility index (Phi) is 5.63. The summed E-state index contributed by atoms with van der Waals surface area (Å²) in [4.78, 5) is 11.8. The lowest BCUT2D eigenvalue weighted by molar-refractivity contribution is -0.123. The van der Waals surface area contributed by atoms with Crippen LogP contribution in [0.25, 0.3) is 0 Å². The van der Waals surface area contributed by atoms with Crippen molar-refractivity contribution < 1.29 is 14.3 Å². The smallest absolute Gasteiger partial charge is 0.250 e. The first-order chi connectivity index (χ1) is 8.93. The van der Waals surface area contributed by atoms with Crippen LogP contribution in [0, 0.1) is 5.92 Å². The topological polar surface area (TPSA) is 73.6 Å². The number of hydrogen-bond acceptors (Lipinski definition) is 4. The van der Waals surface area contributed by atoms with Crippen LogP contribution in [0.2, 0.25) is 0 Å². The Morgan fingerprint density at radius 2 is 2.05 bits per heavy atom. The summed E-state index contributed by atoms with van der Waals surface area (Å²) in [5.41, 5.74) is 6.79. The first-order valence-electron chi connectivity index (χ1n) is 6.29. The van der Waals surface area contributed by atoms with Gasteiger partial charge in [0.1, 0.15) is 12.4 Å². The van der Waals surface area contributed by atoms with Gasteiger partial charge >= 0.3 is 0 Å². The number of rotatable bonds is 6. The van der Waals surface area contributed by atoms with Crippen molar-refractivity contribution in [1.82, 2.24) is 0 Å². The number of hydrogen-bond donors (Lipinski definition) is 2. The van der Waals surface area contributed by atoms with Gasteiger partial charge in [0.2, 0.25) is 5.91 Å². The molecule has 0 radical (unpaired) electrons. The molecule has 1 unspecified atom stereocenters. The Labute approximate surface area is 114 Å². The molecule has 0 heterocycles. The molecule has 5 heteroatoms. The summed E-state index contributed by atoms with van der Waals surface area (Å²) < 4.78 is 10.6. The van der Waals surface area contributed by atoms with Crippen molar-refractivity contribution in [3.8, 4) is 5.75 Å². The molecule has 19 heavy (non-hydrogen) atoms. The number of nitrogens with two attached hydrogens (primary N) is 1. The second-order valence-electron chi connectivity index (χ2n) is 4.77. The van der Waals surface area contributed by atoms with Crippen LogP contribution >= 0.6 is 0 Å². The van der Waals surface area contributed by atoms with Crippen LogP contribution < -0.4 is 15.8 Å². The molecule has 1 aromatic rings. The molecule has 5 nitrogen and oxygen atoms in total. The minimum Gasteiger partial charge on any atom is -0.495 e. The number of ether oxygens (including phenoxy) is 2. The summed E-state index contributed by atoms with van der Waals surface area (Å²) in [6.45, 7) is 6.04. The van der Waals surface area contributed by atoms with Crippen LogP contribution in [0.5, 0.6) is 5.75 Å². The van der Waals surface area contributed by atoms with Gasteiger partial charge in [-0.2, -0.15) is 0 Å². The van der Waals surface area contributed by atoms with Gasteiger partial charge in [-0.15, -0.1) is 0 Å². The predicted octanol–water partition coefficient (Wildman–Crippen LogP) is 2.28. The van der Waals surface area contributed by atoms with E-state index in [2.05, 4.69) is 5.32 Å². The van der Waals surface area contributed by atoms with Gasteiger partial charge in [0.25, 0.3) is 0 Å². The summed E-state index contributed by atoms with van der Waals surface area (Å²) in [5, 5.41) is 2.73. The molecular weight excluding hydrogens is 244 g/mol. The quantitative estimate of drug-likeness (QED) is 0.775. The predicted molar refractivity (Wildman–Crippen MR) is 76.3 cm³/mol. The fourth-order valence-corrected chi connectivity index (χ4v) is 1.41. The minimum atomic E-state index is -0.226. The average molecular weight is 266 g/mol. The van der Waals surface area contributed by atoms with Crippen molar-refractivity contribution in [3.05, 3.63) is 18.2 Å². The third-order valence-electron chi connectivity index (χ3n) is 2.91. The van der Waals surface area contributed by atoms with Crippen molar-refractivity contribution in [3.63, 3.8) is 0 Å². The molecule has 1 aromatic carbocycles. The molecule has 0 bridgehead atoms. The van der Waals surface area contributed by atoms with Crippen molar-refractivity contribution in [1.29, 1.82) is 0 Å². The van der Waals surface area contributed by atoms with E-state index in [0.717, 1.165) is 0 Å². The highest BCUT2D eigenvalue weighted by Crippen LogP contribution is 2.26. The highest BCUT2D eigenvalue weighted by molar-refractivity contribution is 5.93. The zero-order valence-corrected chi connectivity index (χ0v) is 11.9. The minimum absolute atomic E-state index is 0.0112. The average Bonchev–Trinajstić information content (AvgIpc) is 2.36. The summed E-state index contributed by atoms with van der Waals surface area (Å²) in [7, 11) is 1.54. The Morgan fingerprint density at radius 1 is 1.37 bits per heavy atom. The maximum atomic E-state index is 11.8. The molecular formula is C14H22N2O3. The van der Waals surface area contributed by atoms with Gasteiger partial charge in [0.05, 0.1) is 18.9 Å². The lowest BCUT2D eigenvalue weighted by Crippen LogP contribution is -2.24. The van der Waals surface area contributed by atoms with Crippen LogP contribution in [0.15, 0.2) is 18.2 Å². The van der Waals surface area contributed by atoms with E-state index < -0.39 is 0 Å². The Morgan fingerprint density at radius 3 is 2.63 bits per heavy atom. The number of nitrogens with one attached hydrogen (secondary N) is 1. The van der Waals surface area contributed by atoms with Gasteiger partial charge in [-0.1, -0.05) is 13.8 Å². The molecule has 0 aliphatic carbocycles. The zero-order chi connectivity index (χ0) is 14.4. The highest BCUT2D eigenvalue weighted by atomic mass is 16.5. The van der Waals surface area contributed by atoms with Gasteiger partial charge in [0.15, 0.2) is 0 Å². The number of methoxy groups -OCH3 is 1. The zero-order valence-electron chi connectivity index (χ0n) is 11.9. The number of anilines is 2. The molecule has 0 aliphatic rings. The molecule has 0 aliphatic heterocycles. The third-order valence-corrected chi connectivity index (χ3v) is 2.91. The van der Waals surface area contributed by atoms with E-state index in [1.807, 2.05) is 20.8 Å². The molecule has 106 valence electrons. The van der Waals surface area contributed by atoms with Crippen molar-refractivity contribution in [2.75, 3.05) is 24.8 Å². The molecule has 0 saturated heterocycles. The van der Waals surface area contributed by atoms with Crippen molar-refractivity contribution in [2.45, 2.75) is 26.9 Å². The Balaban J connectivity index is 2.59. The monoisotopic (exact) mass is 266 g/mol. The van der Waals surface area contributed by atoms with E-state index in [9.17, 15) is 4.79 Å². The number of nitrogen functional groups attached to an aromatic ring is 1. The molecule has 0 saturated carbocycles. The van der Waals surface area contributed by atoms with Crippen LogP contribution in [-0.2, 0) is 9.53 Å². The van der Waals surface area contributed by atoms with Crippen LogP contribution in [0.4, 0.5) is 11.4 Å². The molecule has 0 fully saturated rings. The van der Waals surface area contributed by atoms with Crippen LogP contribution in [0.1, 0.15) is 20.8 Å². The third kappa shape index (κ3) is 4.79. The summed E-state index contributed by atoms with van der Waals surface area (Å²) >= 11 is 0. The van der Waals surface area contributed by atoms with Gasteiger partial charge in [0, 0.05) is 5.69 Å². The standard InChI is InChI=1S/C14H22N2O3/c1-9(2)10(3)19-8-14(17)16-12-7-11(15)5-6-13(12)18-4/h5-7,9-10H,8,15H2,1-4H3,(H,16,17). The molecule has 1 amide bonds.